The van der Waals surface area contributed by atoms with E-state index in [4.69, 9.17) is 5.73 Å². The van der Waals surface area contributed by atoms with Gasteiger partial charge in [0.15, 0.2) is 5.65 Å². The minimum Gasteiger partial charge on any atom is -0.326 e. The maximum atomic E-state index is 5.55. The molecule has 2 heterocycles. The van der Waals surface area contributed by atoms with Gasteiger partial charge >= 0.3 is 0 Å². The summed E-state index contributed by atoms with van der Waals surface area (Å²) in [4.78, 5) is 8.73. The van der Waals surface area contributed by atoms with E-state index in [9.17, 15) is 0 Å². The molecule has 0 atom stereocenters. The first-order chi connectivity index (χ1) is 6.88. The van der Waals surface area contributed by atoms with Crippen LogP contribution in [0.4, 0.5) is 0 Å². The Morgan fingerprint density at radius 2 is 2.29 bits per heavy atom. The second-order valence-corrected chi connectivity index (χ2v) is 3.77. The van der Waals surface area contributed by atoms with Crippen LogP contribution in [0.1, 0.15) is 24.4 Å². The molecule has 72 valence electrons. The predicted octanol–water partition coefficient (Wildman–Crippen LogP) is 1.22. The van der Waals surface area contributed by atoms with Crippen molar-refractivity contribution in [1.82, 2.24) is 14.5 Å². The number of nitrogens with zero attached hydrogens (tertiary/aromatic N) is 3. The zero-order valence-electron chi connectivity index (χ0n) is 7.85. The molecule has 4 heteroatoms. The summed E-state index contributed by atoms with van der Waals surface area (Å²) in [6.07, 6.45) is 6.23. The van der Waals surface area contributed by atoms with Crippen molar-refractivity contribution < 1.29 is 0 Å². The van der Waals surface area contributed by atoms with Gasteiger partial charge in [0.25, 0.3) is 0 Å². The normalized spacial score (nSPS) is 16.4. The van der Waals surface area contributed by atoms with Crippen LogP contribution < -0.4 is 5.73 Å². The molecule has 0 radical (unpaired) electrons. The molecule has 0 unspecified atom stereocenters. The largest absolute Gasteiger partial charge is 0.326 e. The molecule has 2 aromatic heterocycles. The lowest BCUT2D eigenvalue weighted by Crippen LogP contribution is -1.98. The first kappa shape index (κ1) is 7.94. The van der Waals surface area contributed by atoms with Crippen LogP contribution in [0.5, 0.6) is 0 Å². The number of pyridine rings is 1. The van der Waals surface area contributed by atoms with Crippen LogP contribution in [0.15, 0.2) is 18.6 Å². The third kappa shape index (κ3) is 1.11. The fourth-order valence-corrected chi connectivity index (χ4v) is 1.69. The Labute approximate surface area is 81.8 Å². The van der Waals surface area contributed by atoms with E-state index < -0.39 is 0 Å². The molecule has 0 aliphatic heterocycles. The summed E-state index contributed by atoms with van der Waals surface area (Å²) in [5.41, 5.74) is 8.53. The summed E-state index contributed by atoms with van der Waals surface area (Å²) in [5, 5.41) is 0. The quantitative estimate of drug-likeness (QED) is 0.771. The van der Waals surface area contributed by atoms with Gasteiger partial charge in [-0.15, -0.1) is 0 Å². The SMILES string of the molecule is NCc1cnc2c(c1)ncn2C1CC1. The Balaban J connectivity index is 2.17. The summed E-state index contributed by atoms with van der Waals surface area (Å²) in [7, 11) is 0. The molecule has 0 bridgehead atoms. The third-order valence-electron chi connectivity index (χ3n) is 2.65. The van der Waals surface area contributed by atoms with Gasteiger partial charge in [-0.1, -0.05) is 0 Å². The Bertz CT molecular complexity index is 470. The van der Waals surface area contributed by atoms with Gasteiger partial charge in [-0.05, 0) is 24.5 Å². The fraction of sp³-hybridized carbons (Fsp3) is 0.400. The first-order valence-electron chi connectivity index (χ1n) is 4.90. The average molecular weight is 188 g/mol. The van der Waals surface area contributed by atoms with E-state index in [1.807, 2.05) is 18.6 Å². The molecule has 3 rings (SSSR count). The van der Waals surface area contributed by atoms with E-state index >= 15 is 0 Å². The predicted molar refractivity (Wildman–Crippen MR) is 53.7 cm³/mol. The Hall–Kier alpha value is -1.42. The van der Waals surface area contributed by atoms with E-state index in [1.165, 1.54) is 12.8 Å². The maximum Gasteiger partial charge on any atom is 0.160 e. The molecule has 1 fully saturated rings. The maximum absolute atomic E-state index is 5.55. The van der Waals surface area contributed by atoms with E-state index in [2.05, 4.69) is 14.5 Å². The Kier molecular flexibility index (Phi) is 1.58. The monoisotopic (exact) mass is 188 g/mol. The topological polar surface area (TPSA) is 56.7 Å². The summed E-state index contributed by atoms with van der Waals surface area (Å²) in [6, 6.07) is 2.65. The van der Waals surface area contributed by atoms with Crippen molar-refractivity contribution in [3.63, 3.8) is 0 Å². The zero-order chi connectivity index (χ0) is 9.54. The molecule has 14 heavy (non-hydrogen) atoms. The molecule has 2 aromatic rings. The molecule has 0 spiro atoms. The van der Waals surface area contributed by atoms with Crippen molar-refractivity contribution >= 4 is 11.2 Å². The molecule has 0 aromatic carbocycles. The summed E-state index contributed by atoms with van der Waals surface area (Å²) < 4.78 is 2.16. The highest BCUT2D eigenvalue weighted by Gasteiger charge is 2.25. The smallest absolute Gasteiger partial charge is 0.160 e. The summed E-state index contributed by atoms with van der Waals surface area (Å²) in [6.45, 7) is 0.527. The van der Waals surface area contributed by atoms with Gasteiger partial charge in [0, 0.05) is 18.8 Å². The van der Waals surface area contributed by atoms with Crippen molar-refractivity contribution in [2.24, 2.45) is 5.73 Å². The van der Waals surface area contributed by atoms with Crippen molar-refractivity contribution in [3.05, 3.63) is 24.2 Å². The second-order valence-electron chi connectivity index (χ2n) is 3.77. The second kappa shape index (κ2) is 2.78. The molecule has 2 N–H and O–H groups in total. The van der Waals surface area contributed by atoms with E-state index in [1.54, 1.807) is 0 Å². The summed E-state index contributed by atoms with van der Waals surface area (Å²) in [5.74, 6) is 0. The van der Waals surface area contributed by atoms with Gasteiger partial charge in [0.1, 0.15) is 5.52 Å². The van der Waals surface area contributed by atoms with Crippen LogP contribution in [0.3, 0.4) is 0 Å². The lowest BCUT2D eigenvalue weighted by atomic mass is 10.3. The number of hydrogen-bond acceptors (Lipinski definition) is 3. The number of hydrogen-bond donors (Lipinski definition) is 1. The van der Waals surface area contributed by atoms with Gasteiger partial charge in [0.05, 0.1) is 6.33 Å². The van der Waals surface area contributed by atoms with Gasteiger partial charge in [0.2, 0.25) is 0 Å². The van der Waals surface area contributed by atoms with Crippen LogP contribution in [0.2, 0.25) is 0 Å². The van der Waals surface area contributed by atoms with Gasteiger partial charge in [-0.2, -0.15) is 0 Å². The number of fused-ring (bicyclic) bond motifs is 1. The van der Waals surface area contributed by atoms with Crippen LogP contribution in [0.25, 0.3) is 11.2 Å². The number of aromatic nitrogens is 3. The van der Waals surface area contributed by atoms with Crippen LogP contribution in [-0.4, -0.2) is 14.5 Å². The van der Waals surface area contributed by atoms with Gasteiger partial charge in [-0.3, -0.25) is 0 Å². The number of imidazole rings is 1. The van der Waals surface area contributed by atoms with Crippen molar-refractivity contribution in [3.8, 4) is 0 Å². The van der Waals surface area contributed by atoms with Crippen LogP contribution in [0, 0.1) is 0 Å². The molecule has 0 amide bonds. The molecule has 1 aliphatic rings. The van der Waals surface area contributed by atoms with Crippen LogP contribution in [-0.2, 0) is 6.54 Å². The number of nitrogens with two attached hydrogens (primary N) is 1. The molecule has 0 saturated heterocycles. The Morgan fingerprint density at radius 1 is 1.43 bits per heavy atom. The van der Waals surface area contributed by atoms with Gasteiger partial charge in [-0.25, -0.2) is 9.97 Å². The highest BCUT2D eigenvalue weighted by molar-refractivity contribution is 5.71. The highest BCUT2D eigenvalue weighted by atomic mass is 15.1. The third-order valence-corrected chi connectivity index (χ3v) is 2.65. The van der Waals surface area contributed by atoms with E-state index in [0.29, 0.717) is 12.6 Å². The van der Waals surface area contributed by atoms with Crippen molar-refractivity contribution in [1.29, 1.82) is 0 Å². The Morgan fingerprint density at radius 3 is 3.00 bits per heavy atom. The minimum atomic E-state index is 0.527. The first-order valence-corrected chi connectivity index (χ1v) is 4.90. The zero-order valence-corrected chi connectivity index (χ0v) is 7.85. The van der Waals surface area contributed by atoms with Gasteiger partial charge < -0.3 is 10.3 Å². The standard InChI is InChI=1S/C10H12N4/c11-4-7-3-9-10(12-5-7)14(6-13-9)8-1-2-8/h3,5-6,8H,1-2,4,11H2. The van der Waals surface area contributed by atoms with Crippen molar-refractivity contribution in [2.75, 3.05) is 0 Å². The number of rotatable bonds is 2. The lowest BCUT2D eigenvalue weighted by molar-refractivity contribution is 0.757. The molecule has 1 aliphatic carbocycles. The van der Waals surface area contributed by atoms with Crippen molar-refractivity contribution in [2.45, 2.75) is 25.4 Å². The van der Waals surface area contributed by atoms with Crippen LogP contribution >= 0.6 is 0 Å². The molecular weight excluding hydrogens is 176 g/mol. The highest BCUT2D eigenvalue weighted by Crippen LogP contribution is 2.36. The minimum absolute atomic E-state index is 0.527. The summed E-state index contributed by atoms with van der Waals surface area (Å²) >= 11 is 0. The molecule has 1 saturated carbocycles. The molecular formula is C10H12N4. The average Bonchev–Trinajstić information content (AvgIpc) is 2.98. The van der Waals surface area contributed by atoms with E-state index in [-0.39, 0.29) is 0 Å². The molecule has 4 nitrogen and oxygen atoms in total. The lowest BCUT2D eigenvalue weighted by Gasteiger charge is -2.00. The fourth-order valence-electron chi connectivity index (χ4n) is 1.69. The van der Waals surface area contributed by atoms with E-state index in [0.717, 1.165) is 16.7 Å².